The predicted molar refractivity (Wildman–Crippen MR) is 45.7 cm³/mol. The smallest absolute Gasteiger partial charge is 0.138 e. The molecule has 0 radical (unpaired) electrons. The molecule has 1 aromatic rings. The summed E-state index contributed by atoms with van der Waals surface area (Å²) in [7, 11) is 0. The van der Waals surface area contributed by atoms with E-state index in [9.17, 15) is 0 Å². The maximum atomic E-state index is 9.03. The molecular formula is C8H10N2O. The summed E-state index contributed by atoms with van der Waals surface area (Å²) in [6.07, 6.45) is 3.13. The third-order valence-electron chi connectivity index (χ3n) is 1.34. The zero-order valence-electron chi connectivity index (χ0n) is 5.99. The molecule has 0 aromatic heterocycles. The summed E-state index contributed by atoms with van der Waals surface area (Å²) >= 11 is 0. The first-order valence-corrected chi connectivity index (χ1v) is 3.21. The van der Waals surface area contributed by atoms with Crippen LogP contribution in [0.1, 0.15) is 5.56 Å². The van der Waals surface area contributed by atoms with Gasteiger partial charge in [-0.15, -0.1) is 0 Å². The van der Waals surface area contributed by atoms with Gasteiger partial charge in [0.05, 0.1) is 5.69 Å². The zero-order chi connectivity index (χ0) is 8.27. The number of nitrogen functional groups attached to an aromatic ring is 1. The van der Waals surface area contributed by atoms with Crippen molar-refractivity contribution in [2.45, 2.75) is 0 Å². The van der Waals surface area contributed by atoms with E-state index in [2.05, 4.69) is 0 Å². The van der Waals surface area contributed by atoms with Crippen molar-refractivity contribution in [1.82, 2.24) is 0 Å². The van der Waals surface area contributed by atoms with E-state index in [1.807, 2.05) is 0 Å². The van der Waals surface area contributed by atoms with E-state index in [-0.39, 0.29) is 5.75 Å². The molecule has 0 saturated heterocycles. The van der Waals surface area contributed by atoms with Crippen LogP contribution in [0.3, 0.4) is 0 Å². The van der Waals surface area contributed by atoms with Crippen LogP contribution in [0.4, 0.5) is 5.69 Å². The lowest BCUT2D eigenvalue weighted by Crippen LogP contribution is -1.86. The predicted octanol–water partition coefficient (Wildman–Crippen LogP) is 0.904. The highest BCUT2D eigenvalue weighted by molar-refractivity contribution is 5.61. The Kier molecular flexibility index (Phi) is 2.01. The molecular weight excluding hydrogens is 140 g/mol. The molecule has 0 bridgehead atoms. The number of phenolic OH excluding ortho intramolecular Hbond substituents is 1. The average Bonchev–Trinajstić information content (AvgIpc) is 1.98. The Bertz CT molecular complexity index is 281. The van der Waals surface area contributed by atoms with Crippen LogP contribution in [0.2, 0.25) is 0 Å². The maximum absolute atomic E-state index is 9.03. The number of hydrogen-bond donors (Lipinski definition) is 3. The normalized spacial score (nSPS) is 10.5. The van der Waals surface area contributed by atoms with Crippen molar-refractivity contribution in [3.8, 4) is 5.75 Å². The van der Waals surface area contributed by atoms with E-state index in [1.54, 1.807) is 18.2 Å². The molecule has 0 aliphatic rings. The van der Waals surface area contributed by atoms with Gasteiger partial charge >= 0.3 is 0 Å². The van der Waals surface area contributed by atoms with Crippen molar-refractivity contribution in [1.29, 1.82) is 0 Å². The first kappa shape index (κ1) is 7.47. The molecule has 0 unspecified atom stereocenters. The van der Waals surface area contributed by atoms with Gasteiger partial charge in [-0.05, 0) is 30.0 Å². The number of nitrogens with two attached hydrogens (primary N) is 2. The van der Waals surface area contributed by atoms with Crippen LogP contribution in [-0.4, -0.2) is 5.11 Å². The number of phenols is 1. The third kappa shape index (κ3) is 1.64. The van der Waals surface area contributed by atoms with Crippen molar-refractivity contribution >= 4 is 11.8 Å². The van der Waals surface area contributed by atoms with Crippen LogP contribution in [0.15, 0.2) is 24.4 Å². The second kappa shape index (κ2) is 2.96. The van der Waals surface area contributed by atoms with E-state index in [0.717, 1.165) is 5.56 Å². The molecule has 0 aliphatic heterocycles. The largest absolute Gasteiger partial charge is 0.506 e. The molecule has 0 aliphatic carbocycles. The molecule has 5 N–H and O–H groups in total. The molecule has 1 aromatic carbocycles. The fourth-order valence-corrected chi connectivity index (χ4v) is 0.788. The van der Waals surface area contributed by atoms with Crippen LogP contribution in [-0.2, 0) is 0 Å². The molecule has 0 heterocycles. The maximum Gasteiger partial charge on any atom is 0.138 e. The van der Waals surface area contributed by atoms with E-state index >= 15 is 0 Å². The summed E-state index contributed by atoms with van der Waals surface area (Å²) in [6, 6.07) is 4.92. The lowest BCUT2D eigenvalue weighted by Gasteiger charge is -1.98. The van der Waals surface area contributed by atoms with Crippen LogP contribution >= 0.6 is 0 Å². The highest BCUT2D eigenvalue weighted by atomic mass is 16.3. The van der Waals surface area contributed by atoms with Gasteiger partial charge in [-0.2, -0.15) is 0 Å². The monoisotopic (exact) mass is 150 g/mol. The lowest BCUT2D eigenvalue weighted by atomic mass is 10.2. The minimum atomic E-state index is 0.0965. The number of anilines is 1. The average molecular weight is 150 g/mol. The van der Waals surface area contributed by atoms with Gasteiger partial charge in [0, 0.05) is 0 Å². The van der Waals surface area contributed by atoms with Crippen LogP contribution < -0.4 is 11.5 Å². The Balaban J connectivity index is 3.05. The van der Waals surface area contributed by atoms with Gasteiger partial charge < -0.3 is 16.6 Å². The molecule has 0 fully saturated rings. The topological polar surface area (TPSA) is 72.3 Å². The Hall–Kier alpha value is -1.64. The van der Waals surface area contributed by atoms with Crippen LogP contribution in [0, 0.1) is 0 Å². The molecule has 0 atom stereocenters. The summed E-state index contributed by atoms with van der Waals surface area (Å²) in [4.78, 5) is 0. The van der Waals surface area contributed by atoms with Crippen molar-refractivity contribution < 1.29 is 5.11 Å². The van der Waals surface area contributed by atoms with Gasteiger partial charge in [0.2, 0.25) is 0 Å². The number of benzene rings is 1. The Morgan fingerprint density at radius 2 is 2.09 bits per heavy atom. The zero-order valence-corrected chi connectivity index (χ0v) is 5.99. The molecule has 3 heteroatoms. The van der Waals surface area contributed by atoms with E-state index < -0.39 is 0 Å². The summed E-state index contributed by atoms with van der Waals surface area (Å²) in [5.41, 5.74) is 11.8. The molecule has 0 saturated carbocycles. The minimum Gasteiger partial charge on any atom is -0.506 e. The fourth-order valence-electron chi connectivity index (χ4n) is 0.788. The van der Waals surface area contributed by atoms with E-state index in [4.69, 9.17) is 16.6 Å². The van der Waals surface area contributed by atoms with E-state index in [0.29, 0.717) is 5.69 Å². The van der Waals surface area contributed by atoms with Crippen molar-refractivity contribution in [3.05, 3.63) is 30.0 Å². The molecule has 11 heavy (non-hydrogen) atoms. The highest BCUT2D eigenvalue weighted by Gasteiger charge is 1.94. The van der Waals surface area contributed by atoms with Gasteiger partial charge in [-0.25, -0.2) is 0 Å². The van der Waals surface area contributed by atoms with Gasteiger partial charge in [-0.1, -0.05) is 6.07 Å². The Morgan fingerprint density at radius 3 is 2.64 bits per heavy atom. The lowest BCUT2D eigenvalue weighted by molar-refractivity contribution is 0.478. The highest BCUT2D eigenvalue weighted by Crippen LogP contribution is 2.20. The quantitative estimate of drug-likeness (QED) is 0.411. The van der Waals surface area contributed by atoms with Gasteiger partial charge in [0.15, 0.2) is 0 Å². The molecule has 0 spiro atoms. The number of hydrogen-bond acceptors (Lipinski definition) is 3. The van der Waals surface area contributed by atoms with Gasteiger partial charge in [-0.3, -0.25) is 0 Å². The first-order chi connectivity index (χ1) is 5.24. The second-order valence-electron chi connectivity index (χ2n) is 2.18. The Labute approximate surface area is 64.9 Å². The number of aromatic hydroxyl groups is 1. The molecule has 1 rings (SSSR count). The summed E-state index contributed by atoms with van der Waals surface area (Å²) in [6.45, 7) is 0. The molecule has 3 nitrogen and oxygen atoms in total. The summed E-state index contributed by atoms with van der Waals surface area (Å²) in [5, 5.41) is 9.03. The second-order valence-corrected chi connectivity index (χ2v) is 2.18. The first-order valence-electron chi connectivity index (χ1n) is 3.21. The SMILES string of the molecule is N/C=C/c1ccc(O)c(N)c1. The molecule has 0 amide bonds. The van der Waals surface area contributed by atoms with Crippen LogP contribution in [0.25, 0.3) is 6.08 Å². The van der Waals surface area contributed by atoms with Gasteiger partial charge in [0.25, 0.3) is 0 Å². The van der Waals surface area contributed by atoms with Crippen molar-refractivity contribution in [3.63, 3.8) is 0 Å². The number of rotatable bonds is 1. The van der Waals surface area contributed by atoms with Crippen LogP contribution in [0.5, 0.6) is 5.75 Å². The third-order valence-corrected chi connectivity index (χ3v) is 1.34. The summed E-state index contributed by atoms with van der Waals surface area (Å²) < 4.78 is 0. The van der Waals surface area contributed by atoms with E-state index in [1.165, 1.54) is 12.3 Å². The Morgan fingerprint density at radius 1 is 1.36 bits per heavy atom. The van der Waals surface area contributed by atoms with Crippen molar-refractivity contribution in [2.75, 3.05) is 5.73 Å². The minimum absolute atomic E-state index is 0.0965. The van der Waals surface area contributed by atoms with Crippen molar-refractivity contribution in [2.24, 2.45) is 5.73 Å². The molecule has 58 valence electrons. The van der Waals surface area contributed by atoms with Gasteiger partial charge in [0.1, 0.15) is 5.75 Å². The standard InChI is InChI=1S/C8H10N2O/c9-4-3-6-1-2-8(11)7(10)5-6/h1-5,11H,9-10H2/b4-3+. The fraction of sp³-hybridized carbons (Fsp3) is 0. The summed E-state index contributed by atoms with van der Waals surface area (Å²) in [5.74, 6) is 0.0965.